The molecule has 1 aromatic rings. The van der Waals surface area contributed by atoms with Crippen molar-refractivity contribution in [2.75, 3.05) is 27.2 Å². The molecular formula is C16H30N4. The Morgan fingerprint density at radius 1 is 1.30 bits per heavy atom. The van der Waals surface area contributed by atoms with Crippen LogP contribution in [-0.4, -0.2) is 52.6 Å². The van der Waals surface area contributed by atoms with Crippen molar-refractivity contribution in [2.45, 2.75) is 52.2 Å². The van der Waals surface area contributed by atoms with Crippen LogP contribution in [0.1, 0.15) is 38.8 Å². The fraction of sp³-hybridized carbons (Fsp3) is 0.812. The highest BCUT2D eigenvalue weighted by molar-refractivity contribution is 4.99. The summed E-state index contributed by atoms with van der Waals surface area (Å²) in [6.07, 6.45) is 7.94. The lowest BCUT2D eigenvalue weighted by Crippen LogP contribution is -2.30. The fourth-order valence-electron chi connectivity index (χ4n) is 3.08. The zero-order valence-corrected chi connectivity index (χ0v) is 13.5. The molecule has 0 spiro atoms. The van der Waals surface area contributed by atoms with Gasteiger partial charge in [-0.15, -0.1) is 0 Å². The fourth-order valence-corrected chi connectivity index (χ4v) is 3.08. The van der Waals surface area contributed by atoms with Crippen molar-refractivity contribution < 1.29 is 0 Å². The quantitative estimate of drug-likeness (QED) is 0.827. The van der Waals surface area contributed by atoms with Crippen LogP contribution in [0.3, 0.4) is 0 Å². The molecule has 4 heteroatoms. The summed E-state index contributed by atoms with van der Waals surface area (Å²) in [5, 5.41) is 0. The molecule has 1 aliphatic heterocycles. The van der Waals surface area contributed by atoms with Crippen LogP contribution in [-0.2, 0) is 13.1 Å². The van der Waals surface area contributed by atoms with Crippen molar-refractivity contribution in [1.29, 1.82) is 0 Å². The maximum Gasteiger partial charge on any atom is 0.0948 e. The Bertz CT molecular complexity index is 397. The summed E-state index contributed by atoms with van der Waals surface area (Å²) >= 11 is 0. The van der Waals surface area contributed by atoms with E-state index in [1.165, 1.54) is 38.0 Å². The minimum atomic E-state index is 0.671. The van der Waals surface area contributed by atoms with Gasteiger partial charge >= 0.3 is 0 Å². The third kappa shape index (κ3) is 4.32. The van der Waals surface area contributed by atoms with Gasteiger partial charge in [0.1, 0.15) is 0 Å². The molecule has 20 heavy (non-hydrogen) atoms. The minimum absolute atomic E-state index is 0.671. The van der Waals surface area contributed by atoms with Gasteiger partial charge in [-0.2, -0.15) is 0 Å². The van der Waals surface area contributed by atoms with Crippen molar-refractivity contribution in [2.24, 2.45) is 5.92 Å². The Hall–Kier alpha value is -0.870. The van der Waals surface area contributed by atoms with E-state index in [2.05, 4.69) is 47.3 Å². The van der Waals surface area contributed by atoms with E-state index in [9.17, 15) is 0 Å². The summed E-state index contributed by atoms with van der Waals surface area (Å²) in [6, 6.07) is 0.751. The molecule has 0 aromatic carbocycles. The largest absolute Gasteiger partial charge is 0.333 e. The average Bonchev–Trinajstić information content (AvgIpc) is 2.65. The first-order chi connectivity index (χ1) is 9.56. The van der Waals surface area contributed by atoms with E-state index in [0.29, 0.717) is 5.92 Å². The summed E-state index contributed by atoms with van der Waals surface area (Å²) < 4.78 is 2.32. The van der Waals surface area contributed by atoms with Crippen molar-refractivity contribution in [1.82, 2.24) is 19.4 Å². The monoisotopic (exact) mass is 278 g/mol. The maximum absolute atomic E-state index is 4.34. The van der Waals surface area contributed by atoms with Gasteiger partial charge in [-0.05, 0) is 45.8 Å². The SMILES string of the molecule is CC(C)Cn1cncc1CN1CCC[C@@H](N(C)C)CC1. The van der Waals surface area contributed by atoms with Crippen LogP contribution in [0.15, 0.2) is 12.5 Å². The maximum atomic E-state index is 4.34. The topological polar surface area (TPSA) is 24.3 Å². The third-order valence-corrected chi connectivity index (χ3v) is 4.27. The first-order valence-corrected chi connectivity index (χ1v) is 7.94. The molecular weight excluding hydrogens is 248 g/mol. The second-order valence-electron chi connectivity index (χ2n) is 6.76. The normalized spacial score (nSPS) is 21.6. The highest BCUT2D eigenvalue weighted by Gasteiger charge is 2.19. The lowest BCUT2D eigenvalue weighted by Gasteiger charge is -2.23. The van der Waals surface area contributed by atoms with Crippen molar-refractivity contribution in [3.8, 4) is 0 Å². The van der Waals surface area contributed by atoms with Gasteiger partial charge in [0.15, 0.2) is 0 Å². The lowest BCUT2D eigenvalue weighted by atomic mass is 10.1. The molecule has 2 rings (SSSR count). The molecule has 114 valence electrons. The molecule has 0 amide bonds. The molecule has 0 radical (unpaired) electrons. The van der Waals surface area contributed by atoms with Gasteiger partial charge in [0, 0.05) is 31.9 Å². The van der Waals surface area contributed by atoms with Gasteiger partial charge in [-0.1, -0.05) is 13.8 Å². The Kier molecular flexibility index (Phi) is 5.61. The number of hydrogen-bond donors (Lipinski definition) is 0. The molecule has 1 aromatic heterocycles. The number of imidazole rings is 1. The van der Waals surface area contributed by atoms with Crippen molar-refractivity contribution in [3.63, 3.8) is 0 Å². The number of aromatic nitrogens is 2. The Morgan fingerprint density at radius 2 is 2.10 bits per heavy atom. The number of hydrogen-bond acceptors (Lipinski definition) is 3. The minimum Gasteiger partial charge on any atom is -0.333 e. The standard InChI is InChI=1S/C16H30N4/c1-14(2)11-20-13-17-10-16(20)12-19-8-5-6-15(7-9-19)18(3)4/h10,13-15H,5-9,11-12H2,1-4H3/t15-/m1/s1. The van der Waals surface area contributed by atoms with E-state index in [1.807, 2.05) is 12.5 Å². The molecule has 4 nitrogen and oxygen atoms in total. The summed E-state index contributed by atoms with van der Waals surface area (Å²) in [6.45, 7) is 9.07. The van der Waals surface area contributed by atoms with Crippen molar-refractivity contribution in [3.05, 3.63) is 18.2 Å². The lowest BCUT2D eigenvalue weighted by molar-refractivity contribution is 0.241. The van der Waals surface area contributed by atoms with Crippen LogP contribution in [0.4, 0.5) is 0 Å². The van der Waals surface area contributed by atoms with Gasteiger partial charge in [0.2, 0.25) is 0 Å². The summed E-state index contributed by atoms with van der Waals surface area (Å²) in [7, 11) is 4.41. The highest BCUT2D eigenvalue weighted by Crippen LogP contribution is 2.17. The molecule has 1 atom stereocenters. The Labute approximate surface area is 123 Å². The molecule has 0 aliphatic carbocycles. The first kappa shape index (κ1) is 15.5. The van der Waals surface area contributed by atoms with Gasteiger partial charge in [-0.3, -0.25) is 4.90 Å². The second-order valence-corrected chi connectivity index (χ2v) is 6.76. The van der Waals surface area contributed by atoms with E-state index < -0.39 is 0 Å². The molecule has 1 fully saturated rings. The number of rotatable bonds is 5. The summed E-state index contributed by atoms with van der Waals surface area (Å²) in [5.41, 5.74) is 1.36. The third-order valence-electron chi connectivity index (χ3n) is 4.27. The van der Waals surface area contributed by atoms with Gasteiger partial charge < -0.3 is 9.47 Å². The van der Waals surface area contributed by atoms with E-state index in [-0.39, 0.29) is 0 Å². The number of nitrogens with zero attached hydrogens (tertiary/aromatic N) is 4. The molecule has 0 unspecified atom stereocenters. The molecule has 0 N–H and O–H groups in total. The van der Waals surface area contributed by atoms with Gasteiger partial charge in [0.05, 0.1) is 12.0 Å². The van der Waals surface area contributed by atoms with E-state index in [4.69, 9.17) is 0 Å². The first-order valence-electron chi connectivity index (χ1n) is 7.94. The number of likely N-dealkylation sites (tertiary alicyclic amines) is 1. The summed E-state index contributed by atoms with van der Waals surface area (Å²) in [4.78, 5) is 9.31. The second kappa shape index (κ2) is 7.23. The van der Waals surface area contributed by atoms with Crippen LogP contribution < -0.4 is 0 Å². The van der Waals surface area contributed by atoms with Crippen LogP contribution in [0.2, 0.25) is 0 Å². The van der Waals surface area contributed by atoms with Crippen LogP contribution in [0, 0.1) is 5.92 Å². The summed E-state index contributed by atoms with van der Waals surface area (Å²) in [5.74, 6) is 0.671. The van der Waals surface area contributed by atoms with E-state index >= 15 is 0 Å². The van der Waals surface area contributed by atoms with Crippen LogP contribution in [0.25, 0.3) is 0 Å². The van der Waals surface area contributed by atoms with Gasteiger partial charge in [0.25, 0.3) is 0 Å². The average molecular weight is 278 g/mol. The van der Waals surface area contributed by atoms with E-state index in [0.717, 1.165) is 19.1 Å². The molecule has 1 aliphatic rings. The predicted octanol–water partition coefficient (Wildman–Crippen LogP) is 2.46. The van der Waals surface area contributed by atoms with Crippen LogP contribution >= 0.6 is 0 Å². The Balaban J connectivity index is 1.92. The predicted molar refractivity (Wildman–Crippen MR) is 83.7 cm³/mol. The molecule has 0 bridgehead atoms. The molecule has 2 heterocycles. The molecule has 1 saturated heterocycles. The zero-order valence-electron chi connectivity index (χ0n) is 13.5. The van der Waals surface area contributed by atoms with E-state index in [1.54, 1.807) is 0 Å². The smallest absolute Gasteiger partial charge is 0.0948 e. The Morgan fingerprint density at radius 3 is 2.80 bits per heavy atom. The highest BCUT2D eigenvalue weighted by atomic mass is 15.2. The van der Waals surface area contributed by atoms with Crippen molar-refractivity contribution >= 4 is 0 Å². The zero-order chi connectivity index (χ0) is 14.5. The van der Waals surface area contributed by atoms with Gasteiger partial charge in [-0.25, -0.2) is 4.98 Å². The van der Waals surface area contributed by atoms with Crippen LogP contribution in [0.5, 0.6) is 0 Å². The molecule has 0 saturated carbocycles.